The van der Waals surface area contributed by atoms with Crippen LogP contribution in [0.2, 0.25) is 0 Å². The molecule has 0 aliphatic carbocycles. The number of aryl methyl sites for hydroxylation is 1. The highest BCUT2D eigenvalue weighted by Gasteiger charge is 2.31. The van der Waals surface area contributed by atoms with Gasteiger partial charge in [-0.15, -0.1) is 12.4 Å². The van der Waals surface area contributed by atoms with Crippen LogP contribution in [0, 0.1) is 0 Å². The molecule has 114 valence electrons. The third-order valence-electron chi connectivity index (χ3n) is 3.69. The van der Waals surface area contributed by atoms with Crippen LogP contribution < -0.4 is 5.32 Å². The molecule has 1 saturated heterocycles. The van der Waals surface area contributed by atoms with Gasteiger partial charge in [0.2, 0.25) is 10.0 Å². The molecule has 1 aromatic carbocycles. The average Bonchev–Trinajstić information content (AvgIpc) is 2.47. The van der Waals surface area contributed by atoms with Gasteiger partial charge in [0.05, 0.1) is 11.8 Å². The summed E-state index contributed by atoms with van der Waals surface area (Å²) >= 11 is 0. The molecule has 1 aliphatic heterocycles. The van der Waals surface area contributed by atoms with E-state index in [2.05, 4.69) is 36.5 Å². The Bertz CT molecular complexity index is 516. The Morgan fingerprint density at radius 3 is 2.45 bits per heavy atom. The van der Waals surface area contributed by atoms with E-state index in [0.717, 1.165) is 18.5 Å². The number of sulfonamides is 1. The van der Waals surface area contributed by atoms with Crippen molar-refractivity contribution in [2.75, 3.05) is 25.4 Å². The Morgan fingerprint density at radius 2 is 1.90 bits per heavy atom. The molecule has 0 bridgehead atoms. The molecule has 0 saturated carbocycles. The lowest BCUT2D eigenvalue weighted by Gasteiger charge is -2.35. The standard InChI is InChI=1S/C14H22N2O2S.ClH/c1-3-12-5-7-13(8-6-12)14-11-15-9-10-16(14)19(17,18)4-2;/h5-8,14-15H,3-4,9-11H2,1-2H3;1H. The first-order chi connectivity index (χ1) is 9.08. The maximum absolute atomic E-state index is 12.2. The Labute approximate surface area is 128 Å². The van der Waals surface area contributed by atoms with Gasteiger partial charge in [-0.25, -0.2) is 8.42 Å². The van der Waals surface area contributed by atoms with Crippen LogP contribution in [-0.4, -0.2) is 38.1 Å². The molecule has 1 aliphatic rings. The molecule has 4 nitrogen and oxygen atoms in total. The van der Waals surface area contributed by atoms with Gasteiger partial charge in [0.25, 0.3) is 0 Å². The van der Waals surface area contributed by atoms with Crippen molar-refractivity contribution in [2.45, 2.75) is 26.3 Å². The Morgan fingerprint density at radius 1 is 1.25 bits per heavy atom. The minimum Gasteiger partial charge on any atom is -0.313 e. The van der Waals surface area contributed by atoms with Gasteiger partial charge >= 0.3 is 0 Å². The quantitative estimate of drug-likeness (QED) is 0.923. The molecular weight excluding hydrogens is 296 g/mol. The van der Waals surface area contributed by atoms with Crippen molar-refractivity contribution in [3.05, 3.63) is 35.4 Å². The molecule has 0 amide bonds. The largest absolute Gasteiger partial charge is 0.313 e. The molecule has 6 heteroatoms. The van der Waals surface area contributed by atoms with E-state index in [-0.39, 0.29) is 24.2 Å². The van der Waals surface area contributed by atoms with E-state index in [0.29, 0.717) is 13.1 Å². The highest BCUT2D eigenvalue weighted by molar-refractivity contribution is 7.89. The highest BCUT2D eigenvalue weighted by Crippen LogP contribution is 2.25. The van der Waals surface area contributed by atoms with Gasteiger partial charge in [-0.3, -0.25) is 0 Å². The van der Waals surface area contributed by atoms with E-state index >= 15 is 0 Å². The van der Waals surface area contributed by atoms with Crippen molar-refractivity contribution in [3.8, 4) is 0 Å². The lowest BCUT2D eigenvalue weighted by molar-refractivity contribution is 0.272. The summed E-state index contributed by atoms with van der Waals surface area (Å²) in [5, 5.41) is 3.28. The maximum Gasteiger partial charge on any atom is 0.214 e. The van der Waals surface area contributed by atoms with Gasteiger partial charge in [-0.1, -0.05) is 31.2 Å². The lowest BCUT2D eigenvalue weighted by atomic mass is 10.0. The fraction of sp³-hybridized carbons (Fsp3) is 0.571. The first-order valence-corrected chi connectivity index (χ1v) is 8.48. The second kappa shape index (κ2) is 7.41. The smallest absolute Gasteiger partial charge is 0.214 e. The molecule has 0 radical (unpaired) electrons. The van der Waals surface area contributed by atoms with Crippen molar-refractivity contribution in [3.63, 3.8) is 0 Å². The predicted molar refractivity (Wildman–Crippen MR) is 84.8 cm³/mol. The van der Waals surface area contributed by atoms with Gasteiger partial charge in [0.1, 0.15) is 0 Å². The molecule has 1 heterocycles. The summed E-state index contributed by atoms with van der Waals surface area (Å²) in [4.78, 5) is 0. The SMILES string of the molecule is CCc1ccc(C2CNCCN2S(=O)(=O)CC)cc1.Cl. The summed E-state index contributed by atoms with van der Waals surface area (Å²) in [6.07, 6.45) is 1.00. The molecule has 1 aromatic rings. The third kappa shape index (κ3) is 3.73. The van der Waals surface area contributed by atoms with E-state index < -0.39 is 10.0 Å². The number of piperazine rings is 1. The molecule has 1 unspecified atom stereocenters. The van der Waals surface area contributed by atoms with Gasteiger partial charge in [0.15, 0.2) is 0 Å². The van der Waals surface area contributed by atoms with Crippen LogP contribution in [0.4, 0.5) is 0 Å². The molecular formula is C14H23ClN2O2S. The van der Waals surface area contributed by atoms with Crippen molar-refractivity contribution in [1.29, 1.82) is 0 Å². The van der Waals surface area contributed by atoms with Crippen LogP contribution in [0.15, 0.2) is 24.3 Å². The third-order valence-corrected chi connectivity index (χ3v) is 5.57. The number of hydrogen-bond donors (Lipinski definition) is 1. The summed E-state index contributed by atoms with van der Waals surface area (Å²) < 4.78 is 26.0. The summed E-state index contributed by atoms with van der Waals surface area (Å²) in [6, 6.07) is 8.19. The second-order valence-corrected chi connectivity index (χ2v) is 7.04. The summed E-state index contributed by atoms with van der Waals surface area (Å²) in [7, 11) is -3.14. The molecule has 20 heavy (non-hydrogen) atoms. The van der Waals surface area contributed by atoms with Crippen molar-refractivity contribution in [1.82, 2.24) is 9.62 Å². The summed E-state index contributed by atoms with van der Waals surface area (Å²) in [5.41, 5.74) is 2.35. The van der Waals surface area contributed by atoms with E-state index in [1.54, 1.807) is 11.2 Å². The first-order valence-electron chi connectivity index (χ1n) is 6.87. The first kappa shape index (κ1) is 17.4. The number of rotatable bonds is 4. The van der Waals surface area contributed by atoms with Crippen LogP contribution in [0.5, 0.6) is 0 Å². The van der Waals surface area contributed by atoms with Gasteiger partial charge in [0, 0.05) is 19.6 Å². The van der Waals surface area contributed by atoms with Crippen LogP contribution in [0.3, 0.4) is 0 Å². The highest BCUT2D eigenvalue weighted by atomic mass is 35.5. The normalized spacial score (nSPS) is 20.4. The summed E-state index contributed by atoms with van der Waals surface area (Å²) in [6.45, 7) is 5.78. The Balaban J connectivity index is 0.00000200. The molecule has 2 rings (SSSR count). The molecule has 1 N–H and O–H groups in total. The van der Waals surface area contributed by atoms with E-state index in [1.807, 2.05) is 0 Å². The van der Waals surface area contributed by atoms with Crippen molar-refractivity contribution >= 4 is 22.4 Å². The minimum atomic E-state index is -3.14. The van der Waals surface area contributed by atoms with Crippen LogP contribution >= 0.6 is 12.4 Å². The average molecular weight is 319 g/mol. The number of hydrogen-bond acceptors (Lipinski definition) is 3. The minimum absolute atomic E-state index is 0. The monoisotopic (exact) mass is 318 g/mol. The topological polar surface area (TPSA) is 49.4 Å². The number of nitrogens with zero attached hydrogens (tertiary/aromatic N) is 1. The molecule has 0 aromatic heterocycles. The Kier molecular flexibility index (Phi) is 6.45. The predicted octanol–water partition coefficient (Wildman–Crippen LogP) is 1.97. The fourth-order valence-electron chi connectivity index (χ4n) is 2.44. The second-order valence-electron chi connectivity index (χ2n) is 4.83. The number of halogens is 1. The zero-order chi connectivity index (χ0) is 13.9. The molecule has 1 fully saturated rings. The van der Waals surface area contributed by atoms with Crippen LogP contribution in [0.25, 0.3) is 0 Å². The van der Waals surface area contributed by atoms with Crippen molar-refractivity contribution in [2.24, 2.45) is 0 Å². The van der Waals surface area contributed by atoms with Gasteiger partial charge in [-0.2, -0.15) is 4.31 Å². The fourth-order valence-corrected chi connectivity index (χ4v) is 3.73. The van der Waals surface area contributed by atoms with Crippen LogP contribution in [0.1, 0.15) is 31.0 Å². The zero-order valence-electron chi connectivity index (χ0n) is 12.0. The summed E-state index contributed by atoms with van der Waals surface area (Å²) in [5.74, 6) is 0.163. The Hall–Kier alpha value is -0.620. The zero-order valence-corrected chi connectivity index (χ0v) is 13.6. The number of benzene rings is 1. The van der Waals surface area contributed by atoms with Gasteiger partial charge < -0.3 is 5.32 Å². The van der Waals surface area contributed by atoms with Crippen molar-refractivity contribution < 1.29 is 8.42 Å². The number of nitrogens with one attached hydrogen (secondary N) is 1. The lowest BCUT2D eigenvalue weighted by Crippen LogP contribution is -2.49. The van der Waals surface area contributed by atoms with E-state index in [1.165, 1.54) is 5.56 Å². The molecule has 0 spiro atoms. The van der Waals surface area contributed by atoms with E-state index in [4.69, 9.17) is 0 Å². The maximum atomic E-state index is 12.2. The molecule has 1 atom stereocenters. The van der Waals surface area contributed by atoms with Gasteiger partial charge in [-0.05, 0) is 24.5 Å². The van der Waals surface area contributed by atoms with Crippen LogP contribution in [-0.2, 0) is 16.4 Å². The van der Waals surface area contributed by atoms with E-state index in [9.17, 15) is 8.42 Å².